The quantitative estimate of drug-likeness (QED) is 0.684. The Labute approximate surface area is 86.6 Å². The topological polar surface area (TPSA) is 38.5 Å². The van der Waals surface area contributed by atoms with Crippen LogP contribution in [-0.2, 0) is 4.74 Å². The van der Waals surface area contributed by atoms with Gasteiger partial charge in [-0.1, -0.05) is 0 Å². The smallest absolute Gasteiger partial charge is 0.0593 e. The number of hydrogen-bond acceptors (Lipinski definition) is 3. The molecule has 0 radical (unpaired) electrons. The summed E-state index contributed by atoms with van der Waals surface area (Å²) in [7, 11) is 0. The number of fused-ring (bicyclic) bond motifs is 2. The van der Waals surface area contributed by atoms with Crippen molar-refractivity contribution in [3.63, 3.8) is 0 Å². The minimum atomic E-state index is 0.454. The van der Waals surface area contributed by atoms with E-state index in [0.29, 0.717) is 6.04 Å². The first-order valence-corrected chi connectivity index (χ1v) is 5.90. The Kier molecular flexibility index (Phi) is 3.42. The van der Waals surface area contributed by atoms with Crippen molar-refractivity contribution < 1.29 is 4.74 Å². The highest BCUT2D eigenvalue weighted by atomic mass is 16.5. The van der Waals surface area contributed by atoms with Crippen molar-refractivity contribution in [2.45, 2.75) is 50.7 Å². The second-order valence-corrected chi connectivity index (χ2v) is 4.55. The van der Waals surface area contributed by atoms with E-state index in [1.807, 2.05) is 0 Å². The molecule has 0 spiro atoms. The van der Waals surface area contributed by atoms with Gasteiger partial charge in [-0.25, -0.2) is 0 Å². The molecular weight excluding hydrogens is 176 g/mol. The summed E-state index contributed by atoms with van der Waals surface area (Å²) in [4.78, 5) is 2.62. The number of hydrogen-bond donors (Lipinski definition) is 1. The fourth-order valence-electron chi connectivity index (χ4n) is 3.00. The van der Waals surface area contributed by atoms with Gasteiger partial charge in [-0.15, -0.1) is 0 Å². The van der Waals surface area contributed by atoms with Gasteiger partial charge in [0.2, 0.25) is 0 Å². The lowest BCUT2D eigenvalue weighted by Crippen LogP contribution is -2.48. The van der Waals surface area contributed by atoms with Crippen LogP contribution in [0.5, 0.6) is 0 Å². The lowest BCUT2D eigenvalue weighted by Gasteiger charge is -2.37. The van der Waals surface area contributed by atoms with Crippen molar-refractivity contribution in [3.05, 3.63) is 0 Å². The summed E-state index contributed by atoms with van der Waals surface area (Å²) in [6.45, 7) is 4.89. The molecule has 2 fully saturated rings. The van der Waals surface area contributed by atoms with E-state index in [4.69, 9.17) is 10.5 Å². The number of nitrogens with zero attached hydrogens (tertiary/aromatic N) is 1. The van der Waals surface area contributed by atoms with Crippen molar-refractivity contribution in [3.8, 4) is 0 Å². The first-order valence-electron chi connectivity index (χ1n) is 5.90. The normalized spacial score (nSPS) is 37.7. The van der Waals surface area contributed by atoms with Crippen LogP contribution in [0.1, 0.15) is 32.6 Å². The molecule has 2 heterocycles. The molecule has 1 unspecified atom stereocenters. The van der Waals surface area contributed by atoms with Gasteiger partial charge in [0.25, 0.3) is 0 Å². The molecule has 3 atom stereocenters. The molecular formula is C11H22N2O. The van der Waals surface area contributed by atoms with Crippen molar-refractivity contribution in [1.29, 1.82) is 0 Å². The van der Waals surface area contributed by atoms with Gasteiger partial charge in [0.05, 0.1) is 6.61 Å². The Balaban J connectivity index is 1.82. The minimum absolute atomic E-state index is 0.454. The maximum Gasteiger partial charge on any atom is 0.0593 e. The van der Waals surface area contributed by atoms with Crippen LogP contribution in [0.4, 0.5) is 0 Å². The summed E-state index contributed by atoms with van der Waals surface area (Å²) in [5.41, 5.74) is 6.01. The zero-order valence-electron chi connectivity index (χ0n) is 9.11. The van der Waals surface area contributed by atoms with Gasteiger partial charge in [-0.2, -0.15) is 0 Å². The lowest BCUT2D eigenvalue weighted by molar-refractivity contribution is 0.0679. The second kappa shape index (κ2) is 4.60. The first kappa shape index (κ1) is 10.4. The third-order valence-corrected chi connectivity index (χ3v) is 3.62. The van der Waals surface area contributed by atoms with Crippen LogP contribution in [0.3, 0.4) is 0 Å². The largest absolute Gasteiger partial charge is 0.380 e. The summed E-state index contributed by atoms with van der Waals surface area (Å²) in [5, 5.41) is 0. The SMILES string of the molecule is CCOCCN1[C@@H]2CC[C@H]1CC(N)C2. The molecule has 2 N–H and O–H groups in total. The number of piperidine rings is 1. The van der Waals surface area contributed by atoms with Crippen molar-refractivity contribution in [2.24, 2.45) is 5.73 Å². The Morgan fingerprint density at radius 1 is 1.29 bits per heavy atom. The zero-order chi connectivity index (χ0) is 9.97. The van der Waals surface area contributed by atoms with Crippen LogP contribution < -0.4 is 5.73 Å². The molecule has 3 nitrogen and oxygen atoms in total. The van der Waals surface area contributed by atoms with Gasteiger partial charge in [0.1, 0.15) is 0 Å². The van der Waals surface area contributed by atoms with Crippen LogP contribution >= 0.6 is 0 Å². The molecule has 0 aromatic rings. The van der Waals surface area contributed by atoms with Gasteiger partial charge < -0.3 is 10.5 Å². The first-order chi connectivity index (χ1) is 6.81. The molecule has 82 valence electrons. The van der Waals surface area contributed by atoms with Crippen molar-refractivity contribution in [1.82, 2.24) is 4.90 Å². The van der Waals surface area contributed by atoms with E-state index in [2.05, 4.69) is 11.8 Å². The van der Waals surface area contributed by atoms with Crippen LogP contribution in [0.25, 0.3) is 0 Å². The highest BCUT2D eigenvalue weighted by molar-refractivity contribution is 4.96. The molecule has 0 amide bonds. The van der Waals surface area contributed by atoms with E-state index < -0.39 is 0 Å². The van der Waals surface area contributed by atoms with E-state index >= 15 is 0 Å². The Morgan fingerprint density at radius 3 is 2.50 bits per heavy atom. The van der Waals surface area contributed by atoms with E-state index in [-0.39, 0.29) is 0 Å². The third kappa shape index (κ3) is 2.10. The third-order valence-electron chi connectivity index (χ3n) is 3.62. The molecule has 0 aliphatic carbocycles. The Hall–Kier alpha value is -0.120. The van der Waals surface area contributed by atoms with Crippen LogP contribution in [-0.4, -0.2) is 42.8 Å². The lowest BCUT2D eigenvalue weighted by atomic mass is 9.98. The molecule has 2 aliphatic rings. The Morgan fingerprint density at radius 2 is 1.93 bits per heavy atom. The number of ether oxygens (including phenoxy) is 1. The molecule has 2 rings (SSSR count). The summed E-state index contributed by atoms with van der Waals surface area (Å²) in [6.07, 6.45) is 5.10. The molecule has 2 bridgehead atoms. The molecule has 14 heavy (non-hydrogen) atoms. The van der Waals surface area contributed by atoms with Gasteiger partial charge in [0.15, 0.2) is 0 Å². The molecule has 0 aromatic carbocycles. The fraction of sp³-hybridized carbons (Fsp3) is 1.00. The maximum absolute atomic E-state index is 6.01. The standard InChI is InChI=1S/C11H22N2O/c1-2-14-6-5-13-10-3-4-11(13)8-9(12)7-10/h9-11H,2-8,12H2,1H3/t9?,10-,11+. The molecule has 3 heteroatoms. The van der Waals surface area contributed by atoms with Crippen LogP contribution in [0.15, 0.2) is 0 Å². The van der Waals surface area contributed by atoms with E-state index in [1.165, 1.54) is 25.7 Å². The highest BCUT2D eigenvalue weighted by Gasteiger charge is 2.38. The van der Waals surface area contributed by atoms with E-state index in [1.54, 1.807) is 0 Å². The van der Waals surface area contributed by atoms with Gasteiger partial charge in [-0.3, -0.25) is 4.90 Å². The summed E-state index contributed by atoms with van der Waals surface area (Å²) in [6, 6.07) is 1.96. The average molecular weight is 198 g/mol. The maximum atomic E-state index is 6.01. The van der Waals surface area contributed by atoms with Crippen LogP contribution in [0, 0.1) is 0 Å². The fourth-order valence-corrected chi connectivity index (χ4v) is 3.00. The Bertz CT molecular complexity index is 172. The van der Waals surface area contributed by atoms with Gasteiger partial charge >= 0.3 is 0 Å². The monoisotopic (exact) mass is 198 g/mol. The summed E-state index contributed by atoms with van der Waals surface area (Å²) in [5.74, 6) is 0. The minimum Gasteiger partial charge on any atom is -0.380 e. The highest BCUT2D eigenvalue weighted by Crippen LogP contribution is 2.34. The summed E-state index contributed by atoms with van der Waals surface area (Å²) >= 11 is 0. The van der Waals surface area contributed by atoms with Crippen molar-refractivity contribution >= 4 is 0 Å². The molecule has 2 saturated heterocycles. The average Bonchev–Trinajstić information content (AvgIpc) is 2.42. The predicted molar refractivity (Wildman–Crippen MR) is 57.2 cm³/mol. The molecule has 0 aromatic heterocycles. The zero-order valence-corrected chi connectivity index (χ0v) is 9.11. The molecule has 2 aliphatic heterocycles. The van der Waals surface area contributed by atoms with Crippen LogP contribution in [0.2, 0.25) is 0 Å². The number of rotatable bonds is 4. The van der Waals surface area contributed by atoms with E-state index in [9.17, 15) is 0 Å². The van der Waals surface area contributed by atoms with Gasteiger partial charge in [0, 0.05) is 31.3 Å². The van der Waals surface area contributed by atoms with Gasteiger partial charge in [-0.05, 0) is 32.6 Å². The predicted octanol–water partition coefficient (Wildman–Crippen LogP) is 0.977. The van der Waals surface area contributed by atoms with Crippen molar-refractivity contribution in [2.75, 3.05) is 19.8 Å². The summed E-state index contributed by atoms with van der Waals surface area (Å²) < 4.78 is 5.41. The second-order valence-electron chi connectivity index (χ2n) is 4.55. The molecule has 0 saturated carbocycles. The number of nitrogens with two attached hydrogens (primary N) is 1. The van der Waals surface area contributed by atoms with E-state index in [0.717, 1.165) is 31.8 Å².